The summed E-state index contributed by atoms with van der Waals surface area (Å²) in [6.07, 6.45) is 2.18. The molecule has 0 spiro atoms. The molecule has 2 aromatic rings. The van der Waals surface area contributed by atoms with Crippen LogP contribution in [0.25, 0.3) is 0 Å². The topological polar surface area (TPSA) is 59.8 Å². The number of nitrogens with zero attached hydrogens (tertiary/aromatic N) is 3. The van der Waals surface area contributed by atoms with E-state index in [1.807, 2.05) is 32.2 Å². The third kappa shape index (κ3) is 1.59. The zero-order valence-electron chi connectivity index (χ0n) is 10.3. The van der Waals surface area contributed by atoms with E-state index in [-0.39, 0.29) is 11.8 Å². The Morgan fingerprint density at radius 1 is 1.44 bits per heavy atom. The van der Waals surface area contributed by atoms with Crippen molar-refractivity contribution < 1.29 is 4.79 Å². The Hall–Kier alpha value is -2.17. The van der Waals surface area contributed by atoms with Crippen molar-refractivity contribution >= 4 is 11.7 Å². The van der Waals surface area contributed by atoms with Gasteiger partial charge >= 0.3 is 0 Å². The molecule has 0 aromatic carbocycles. The van der Waals surface area contributed by atoms with Crippen LogP contribution in [0, 0.1) is 6.92 Å². The Morgan fingerprint density at radius 3 is 3.00 bits per heavy atom. The largest absolute Gasteiger partial charge is 0.311 e. The van der Waals surface area contributed by atoms with Crippen molar-refractivity contribution in [2.24, 2.45) is 7.05 Å². The van der Waals surface area contributed by atoms with E-state index >= 15 is 0 Å². The molecular formula is C13H14N4O. The van der Waals surface area contributed by atoms with E-state index in [1.54, 1.807) is 10.9 Å². The SMILES string of the molecule is Cc1nn(C)c2c1[C@@H](c1ccccn1)CC(=O)N2. The number of hydrogen-bond acceptors (Lipinski definition) is 3. The van der Waals surface area contributed by atoms with Gasteiger partial charge in [-0.25, -0.2) is 0 Å². The Balaban J connectivity index is 2.16. The van der Waals surface area contributed by atoms with Crippen LogP contribution in [0.2, 0.25) is 0 Å². The average molecular weight is 242 g/mol. The molecule has 0 aliphatic carbocycles. The molecular weight excluding hydrogens is 228 g/mol. The van der Waals surface area contributed by atoms with Gasteiger partial charge in [0.05, 0.1) is 5.69 Å². The normalized spacial score (nSPS) is 18.3. The number of aromatic nitrogens is 3. The van der Waals surface area contributed by atoms with Crippen LogP contribution in [-0.4, -0.2) is 20.7 Å². The molecule has 1 N–H and O–H groups in total. The fraction of sp³-hybridized carbons (Fsp3) is 0.308. The fourth-order valence-corrected chi connectivity index (χ4v) is 2.55. The van der Waals surface area contributed by atoms with Crippen LogP contribution >= 0.6 is 0 Å². The molecule has 1 aliphatic rings. The van der Waals surface area contributed by atoms with Gasteiger partial charge in [-0.3, -0.25) is 14.5 Å². The lowest BCUT2D eigenvalue weighted by molar-refractivity contribution is -0.116. The number of rotatable bonds is 1. The maximum absolute atomic E-state index is 11.8. The van der Waals surface area contributed by atoms with Crippen LogP contribution in [0.1, 0.15) is 29.3 Å². The number of hydrogen-bond donors (Lipinski definition) is 1. The summed E-state index contributed by atoms with van der Waals surface area (Å²) in [5, 5.41) is 7.26. The molecule has 5 heteroatoms. The standard InChI is InChI=1S/C13H14N4O/c1-8-12-9(10-5-3-4-6-14-10)7-11(18)15-13(12)17(2)16-8/h3-6,9H,7H2,1-2H3,(H,15,18)/t9-/m1/s1. The minimum absolute atomic E-state index is 0.00338. The summed E-state index contributed by atoms with van der Waals surface area (Å²) in [6.45, 7) is 1.96. The second-order valence-electron chi connectivity index (χ2n) is 4.53. The number of nitrogens with one attached hydrogen (secondary N) is 1. The quantitative estimate of drug-likeness (QED) is 0.826. The Bertz CT molecular complexity index is 603. The lowest BCUT2D eigenvalue weighted by Gasteiger charge is -2.23. The average Bonchev–Trinajstić information content (AvgIpc) is 2.65. The highest BCUT2D eigenvalue weighted by Gasteiger charge is 2.31. The van der Waals surface area contributed by atoms with Crippen LogP contribution in [0.3, 0.4) is 0 Å². The van der Waals surface area contributed by atoms with E-state index < -0.39 is 0 Å². The van der Waals surface area contributed by atoms with Crippen molar-refractivity contribution in [3.05, 3.63) is 41.3 Å². The van der Waals surface area contributed by atoms with Gasteiger partial charge in [0.25, 0.3) is 0 Å². The molecule has 1 atom stereocenters. The van der Waals surface area contributed by atoms with E-state index in [1.165, 1.54) is 0 Å². The highest BCUT2D eigenvalue weighted by molar-refractivity contribution is 5.94. The molecule has 0 saturated heterocycles. The fourth-order valence-electron chi connectivity index (χ4n) is 2.55. The molecule has 2 aromatic heterocycles. The van der Waals surface area contributed by atoms with Crippen LogP contribution in [-0.2, 0) is 11.8 Å². The van der Waals surface area contributed by atoms with E-state index in [0.29, 0.717) is 6.42 Å². The minimum atomic E-state index is 0.00338. The molecule has 0 bridgehead atoms. The number of aryl methyl sites for hydroxylation is 2. The van der Waals surface area contributed by atoms with Gasteiger partial charge in [0.2, 0.25) is 5.91 Å². The van der Waals surface area contributed by atoms with Gasteiger partial charge in [-0.05, 0) is 19.1 Å². The van der Waals surface area contributed by atoms with E-state index in [2.05, 4.69) is 15.4 Å². The molecule has 18 heavy (non-hydrogen) atoms. The van der Waals surface area contributed by atoms with Gasteiger partial charge in [-0.2, -0.15) is 5.10 Å². The van der Waals surface area contributed by atoms with Crippen LogP contribution < -0.4 is 5.32 Å². The summed E-state index contributed by atoms with van der Waals surface area (Å²) in [7, 11) is 1.84. The number of carbonyl (C=O) groups is 1. The van der Waals surface area contributed by atoms with Gasteiger partial charge in [0.15, 0.2) is 0 Å². The van der Waals surface area contributed by atoms with E-state index in [0.717, 1.165) is 22.8 Å². The zero-order valence-corrected chi connectivity index (χ0v) is 10.3. The van der Waals surface area contributed by atoms with E-state index in [9.17, 15) is 4.79 Å². The lowest BCUT2D eigenvalue weighted by atomic mass is 9.89. The van der Waals surface area contributed by atoms with Crippen LogP contribution in [0.15, 0.2) is 24.4 Å². The van der Waals surface area contributed by atoms with Crippen molar-refractivity contribution in [1.82, 2.24) is 14.8 Å². The monoisotopic (exact) mass is 242 g/mol. The summed E-state index contributed by atoms with van der Waals surface area (Å²) >= 11 is 0. The molecule has 92 valence electrons. The molecule has 0 fully saturated rings. The second kappa shape index (κ2) is 3.94. The van der Waals surface area contributed by atoms with Crippen molar-refractivity contribution in [1.29, 1.82) is 0 Å². The van der Waals surface area contributed by atoms with Crippen molar-refractivity contribution in [3.8, 4) is 0 Å². The highest BCUT2D eigenvalue weighted by Crippen LogP contribution is 2.37. The van der Waals surface area contributed by atoms with Gasteiger partial charge < -0.3 is 5.32 Å². The summed E-state index contributed by atoms with van der Waals surface area (Å²) in [4.78, 5) is 16.2. The second-order valence-corrected chi connectivity index (χ2v) is 4.53. The van der Waals surface area contributed by atoms with Crippen LogP contribution in [0.5, 0.6) is 0 Å². The Kier molecular flexibility index (Phi) is 2.40. The Labute approximate surface area is 105 Å². The number of amides is 1. The maximum atomic E-state index is 11.8. The van der Waals surface area contributed by atoms with E-state index in [4.69, 9.17) is 0 Å². The zero-order chi connectivity index (χ0) is 12.7. The maximum Gasteiger partial charge on any atom is 0.226 e. The molecule has 3 rings (SSSR count). The predicted molar refractivity (Wildman–Crippen MR) is 67.3 cm³/mol. The van der Waals surface area contributed by atoms with Crippen molar-refractivity contribution in [2.45, 2.75) is 19.3 Å². The number of pyridine rings is 1. The third-order valence-electron chi connectivity index (χ3n) is 3.31. The number of carbonyl (C=O) groups excluding carboxylic acids is 1. The van der Waals surface area contributed by atoms with Gasteiger partial charge in [0.1, 0.15) is 5.82 Å². The first kappa shape index (κ1) is 11.0. The summed E-state index contributed by atoms with van der Waals surface area (Å²) < 4.78 is 1.72. The molecule has 5 nitrogen and oxygen atoms in total. The molecule has 0 saturated carbocycles. The van der Waals surface area contributed by atoms with Gasteiger partial charge in [-0.15, -0.1) is 0 Å². The van der Waals surface area contributed by atoms with Crippen LogP contribution in [0.4, 0.5) is 5.82 Å². The molecule has 3 heterocycles. The summed E-state index contributed by atoms with van der Waals surface area (Å²) in [5.74, 6) is 0.809. The highest BCUT2D eigenvalue weighted by atomic mass is 16.1. The summed E-state index contributed by atoms with van der Waals surface area (Å²) in [6, 6.07) is 5.78. The number of fused-ring (bicyclic) bond motifs is 1. The summed E-state index contributed by atoms with van der Waals surface area (Å²) in [5.41, 5.74) is 2.95. The lowest BCUT2D eigenvalue weighted by Crippen LogP contribution is -2.25. The first-order chi connectivity index (χ1) is 8.66. The van der Waals surface area contributed by atoms with Crippen molar-refractivity contribution in [3.63, 3.8) is 0 Å². The molecule has 1 amide bonds. The minimum Gasteiger partial charge on any atom is -0.311 e. The van der Waals surface area contributed by atoms with Crippen molar-refractivity contribution in [2.75, 3.05) is 5.32 Å². The van der Waals surface area contributed by atoms with Gasteiger partial charge in [-0.1, -0.05) is 6.07 Å². The molecule has 0 radical (unpaired) electrons. The first-order valence-electron chi connectivity index (χ1n) is 5.91. The molecule has 0 unspecified atom stereocenters. The smallest absolute Gasteiger partial charge is 0.226 e. The first-order valence-corrected chi connectivity index (χ1v) is 5.91. The molecule has 1 aliphatic heterocycles. The number of anilines is 1. The third-order valence-corrected chi connectivity index (χ3v) is 3.31. The van der Waals surface area contributed by atoms with Gasteiger partial charge in [0, 0.05) is 36.8 Å². The Morgan fingerprint density at radius 2 is 2.28 bits per heavy atom. The predicted octanol–water partition coefficient (Wildman–Crippen LogP) is 1.60.